The van der Waals surface area contributed by atoms with E-state index in [-0.39, 0.29) is 12.2 Å². The summed E-state index contributed by atoms with van der Waals surface area (Å²) in [5, 5.41) is 0. The number of rotatable bonds is 4. The SMILES string of the molecule is CCn1c(=O)n(CC(=O)Oc2ccc(I)cc2)c2ccccc21. The minimum absolute atomic E-state index is 0.113. The molecule has 23 heavy (non-hydrogen) atoms. The summed E-state index contributed by atoms with van der Waals surface area (Å²) in [7, 11) is 0. The number of hydrogen-bond acceptors (Lipinski definition) is 3. The Hall–Kier alpha value is -2.09. The van der Waals surface area contributed by atoms with Gasteiger partial charge in [-0.05, 0) is 65.9 Å². The predicted octanol–water partition coefficient (Wildman–Crippen LogP) is 3.03. The van der Waals surface area contributed by atoms with E-state index in [1.807, 2.05) is 43.3 Å². The fourth-order valence-electron chi connectivity index (χ4n) is 2.53. The molecule has 0 atom stereocenters. The van der Waals surface area contributed by atoms with E-state index in [0.29, 0.717) is 12.3 Å². The molecule has 5 nitrogen and oxygen atoms in total. The minimum Gasteiger partial charge on any atom is -0.425 e. The highest BCUT2D eigenvalue weighted by Gasteiger charge is 2.15. The number of halogens is 1. The third kappa shape index (κ3) is 3.17. The second-order valence-corrected chi connectivity index (χ2v) is 6.28. The first-order valence-corrected chi connectivity index (χ1v) is 8.32. The molecular formula is C17H15IN2O3. The molecule has 3 aromatic rings. The van der Waals surface area contributed by atoms with Gasteiger partial charge < -0.3 is 4.74 Å². The molecule has 0 saturated heterocycles. The lowest BCUT2D eigenvalue weighted by Crippen LogP contribution is -2.28. The van der Waals surface area contributed by atoms with Crippen molar-refractivity contribution in [3.63, 3.8) is 0 Å². The standard InChI is InChI=1S/C17H15IN2O3/c1-2-19-14-5-3-4-6-15(14)20(17(19)22)11-16(21)23-13-9-7-12(18)8-10-13/h3-10H,2,11H2,1H3. The largest absolute Gasteiger partial charge is 0.425 e. The normalized spacial score (nSPS) is 10.9. The van der Waals surface area contributed by atoms with Crippen LogP contribution < -0.4 is 10.4 Å². The Morgan fingerprint density at radius 2 is 1.65 bits per heavy atom. The Morgan fingerprint density at radius 1 is 1.04 bits per heavy atom. The lowest BCUT2D eigenvalue weighted by atomic mass is 10.3. The van der Waals surface area contributed by atoms with Crippen LogP contribution in [0.3, 0.4) is 0 Å². The van der Waals surface area contributed by atoms with Gasteiger partial charge in [0, 0.05) is 10.1 Å². The third-order valence-corrected chi connectivity index (χ3v) is 4.29. The Labute approximate surface area is 146 Å². The molecule has 0 aliphatic rings. The van der Waals surface area contributed by atoms with Crippen molar-refractivity contribution in [2.45, 2.75) is 20.0 Å². The maximum Gasteiger partial charge on any atom is 0.331 e. The van der Waals surface area contributed by atoms with Crippen molar-refractivity contribution in [2.75, 3.05) is 0 Å². The monoisotopic (exact) mass is 422 g/mol. The molecule has 0 unspecified atom stereocenters. The number of aryl methyl sites for hydroxylation is 1. The van der Waals surface area contributed by atoms with Crippen molar-refractivity contribution < 1.29 is 9.53 Å². The van der Waals surface area contributed by atoms with Crippen LogP contribution in [-0.2, 0) is 17.9 Å². The van der Waals surface area contributed by atoms with Gasteiger partial charge in [0.05, 0.1) is 11.0 Å². The number of ether oxygens (including phenoxy) is 1. The highest BCUT2D eigenvalue weighted by atomic mass is 127. The van der Waals surface area contributed by atoms with Crippen LogP contribution in [0.1, 0.15) is 6.92 Å². The zero-order valence-electron chi connectivity index (χ0n) is 12.5. The molecule has 0 spiro atoms. The molecule has 118 valence electrons. The summed E-state index contributed by atoms with van der Waals surface area (Å²) < 4.78 is 9.47. The van der Waals surface area contributed by atoms with Crippen molar-refractivity contribution in [3.05, 3.63) is 62.6 Å². The summed E-state index contributed by atoms with van der Waals surface area (Å²) in [6, 6.07) is 14.6. The van der Waals surface area contributed by atoms with Crippen LogP contribution in [0.25, 0.3) is 11.0 Å². The van der Waals surface area contributed by atoms with Crippen LogP contribution in [0.2, 0.25) is 0 Å². The topological polar surface area (TPSA) is 53.2 Å². The number of benzene rings is 2. The van der Waals surface area contributed by atoms with E-state index >= 15 is 0 Å². The highest BCUT2D eigenvalue weighted by molar-refractivity contribution is 14.1. The maximum atomic E-state index is 12.5. The van der Waals surface area contributed by atoms with Gasteiger partial charge in [-0.3, -0.25) is 9.13 Å². The molecule has 0 aliphatic heterocycles. The van der Waals surface area contributed by atoms with Crippen molar-refractivity contribution in [2.24, 2.45) is 0 Å². The summed E-state index contributed by atoms with van der Waals surface area (Å²) in [4.78, 5) is 24.6. The Bertz CT molecular complexity index is 910. The molecule has 0 aliphatic carbocycles. The van der Waals surface area contributed by atoms with Gasteiger partial charge in [-0.1, -0.05) is 12.1 Å². The molecule has 2 aromatic carbocycles. The quantitative estimate of drug-likeness (QED) is 0.369. The summed E-state index contributed by atoms with van der Waals surface area (Å²) >= 11 is 2.18. The van der Waals surface area contributed by atoms with Gasteiger partial charge in [0.2, 0.25) is 0 Å². The van der Waals surface area contributed by atoms with E-state index in [1.54, 1.807) is 16.7 Å². The van der Waals surface area contributed by atoms with Crippen molar-refractivity contribution in [3.8, 4) is 5.75 Å². The summed E-state index contributed by atoms with van der Waals surface area (Å²) in [5.41, 5.74) is 1.36. The first-order chi connectivity index (χ1) is 11.1. The number of carbonyl (C=O) groups is 1. The smallest absolute Gasteiger partial charge is 0.331 e. The molecule has 0 N–H and O–H groups in total. The summed E-state index contributed by atoms with van der Waals surface area (Å²) in [6.07, 6.45) is 0. The first-order valence-electron chi connectivity index (χ1n) is 7.24. The molecule has 0 saturated carbocycles. The highest BCUT2D eigenvalue weighted by Crippen LogP contribution is 2.15. The number of nitrogens with zero attached hydrogens (tertiary/aromatic N) is 2. The first kappa shape index (κ1) is 15.8. The van der Waals surface area contributed by atoms with Crippen LogP contribution >= 0.6 is 22.6 Å². The van der Waals surface area contributed by atoms with E-state index in [4.69, 9.17) is 4.74 Å². The Morgan fingerprint density at radius 3 is 2.26 bits per heavy atom. The third-order valence-electron chi connectivity index (χ3n) is 3.57. The number of hydrogen-bond donors (Lipinski definition) is 0. The fourth-order valence-corrected chi connectivity index (χ4v) is 2.89. The molecule has 0 fully saturated rings. The fraction of sp³-hybridized carbons (Fsp3) is 0.176. The molecular weight excluding hydrogens is 407 g/mol. The van der Waals surface area contributed by atoms with E-state index in [2.05, 4.69) is 22.6 Å². The van der Waals surface area contributed by atoms with Gasteiger partial charge in [-0.2, -0.15) is 0 Å². The predicted molar refractivity (Wildman–Crippen MR) is 96.7 cm³/mol. The second kappa shape index (κ2) is 6.57. The summed E-state index contributed by atoms with van der Waals surface area (Å²) in [6.45, 7) is 2.35. The molecule has 6 heteroatoms. The number of imidazole rings is 1. The van der Waals surface area contributed by atoms with Gasteiger partial charge in [-0.25, -0.2) is 9.59 Å². The minimum atomic E-state index is -0.465. The number of para-hydroxylation sites is 2. The molecule has 1 heterocycles. The number of carbonyl (C=O) groups excluding carboxylic acids is 1. The van der Waals surface area contributed by atoms with Crippen molar-refractivity contribution >= 4 is 39.6 Å². The van der Waals surface area contributed by atoms with Gasteiger partial charge in [0.15, 0.2) is 0 Å². The van der Waals surface area contributed by atoms with Crippen LogP contribution in [0.5, 0.6) is 5.75 Å². The lowest BCUT2D eigenvalue weighted by Gasteiger charge is -2.05. The van der Waals surface area contributed by atoms with Crippen LogP contribution in [0.4, 0.5) is 0 Å². The van der Waals surface area contributed by atoms with E-state index in [1.165, 1.54) is 4.57 Å². The zero-order valence-corrected chi connectivity index (χ0v) is 14.7. The summed E-state index contributed by atoms with van der Waals surface area (Å²) in [5.74, 6) is 0.00927. The van der Waals surface area contributed by atoms with Crippen LogP contribution in [-0.4, -0.2) is 15.1 Å². The number of esters is 1. The Balaban J connectivity index is 1.89. The van der Waals surface area contributed by atoms with Crippen molar-refractivity contribution in [1.29, 1.82) is 0 Å². The van der Waals surface area contributed by atoms with Gasteiger partial charge in [0.25, 0.3) is 0 Å². The van der Waals surface area contributed by atoms with Gasteiger partial charge in [-0.15, -0.1) is 0 Å². The van der Waals surface area contributed by atoms with Gasteiger partial charge >= 0.3 is 11.7 Å². The van der Waals surface area contributed by atoms with Gasteiger partial charge in [0.1, 0.15) is 12.3 Å². The number of fused-ring (bicyclic) bond motifs is 1. The lowest BCUT2D eigenvalue weighted by molar-refractivity contribution is -0.135. The molecule has 0 amide bonds. The van der Waals surface area contributed by atoms with Crippen LogP contribution in [0, 0.1) is 3.57 Å². The number of aromatic nitrogens is 2. The molecule has 3 rings (SSSR count). The molecule has 1 aromatic heterocycles. The van der Waals surface area contributed by atoms with E-state index < -0.39 is 5.97 Å². The van der Waals surface area contributed by atoms with E-state index in [9.17, 15) is 9.59 Å². The average Bonchev–Trinajstić information content (AvgIpc) is 2.81. The molecule has 0 bridgehead atoms. The van der Waals surface area contributed by atoms with Crippen LogP contribution in [0.15, 0.2) is 53.3 Å². The Kier molecular flexibility index (Phi) is 4.51. The second-order valence-electron chi connectivity index (χ2n) is 5.03. The van der Waals surface area contributed by atoms with Crippen molar-refractivity contribution in [1.82, 2.24) is 9.13 Å². The zero-order chi connectivity index (χ0) is 16.4. The average molecular weight is 422 g/mol. The van der Waals surface area contributed by atoms with E-state index in [0.717, 1.165) is 14.6 Å². The maximum absolute atomic E-state index is 12.5. The molecule has 0 radical (unpaired) electrons.